The molecule has 2 heterocycles. The standard InChI is InChI=1S/C16H24O3S/c1-8-5-14-15(20-14)7-11(8)9(2)18-16(17)10-3-4-12-13(6-10)19-12/h8-15H,3-7H2,1-2H3. The minimum Gasteiger partial charge on any atom is -0.462 e. The lowest BCUT2D eigenvalue weighted by Gasteiger charge is -2.33. The summed E-state index contributed by atoms with van der Waals surface area (Å²) in [5.41, 5.74) is 0. The lowest BCUT2D eigenvalue weighted by molar-refractivity contribution is -0.158. The Bertz CT molecular complexity index is 413. The zero-order valence-electron chi connectivity index (χ0n) is 12.3. The first-order valence-corrected chi connectivity index (χ1v) is 9.07. The third-order valence-corrected chi connectivity index (χ3v) is 7.20. The number of epoxide rings is 1. The maximum atomic E-state index is 12.3. The highest BCUT2D eigenvalue weighted by Crippen LogP contribution is 2.55. The fraction of sp³-hybridized carbons (Fsp3) is 0.938. The molecule has 0 aromatic carbocycles. The van der Waals surface area contributed by atoms with Crippen molar-refractivity contribution in [3.05, 3.63) is 0 Å². The number of carbonyl (C=O) groups is 1. The molecular weight excluding hydrogens is 272 g/mol. The van der Waals surface area contributed by atoms with Gasteiger partial charge in [0, 0.05) is 10.5 Å². The number of esters is 1. The SMILES string of the molecule is CC1CC2SC2CC1C(C)OC(=O)C1CCC2OC2C1. The summed E-state index contributed by atoms with van der Waals surface area (Å²) in [6.45, 7) is 4.43. The minimum absolute atomic E-state index is 0.0317. The molecule has 0 spiro atoms. The molecule has 0 bridgehead atoms. The Hall–Kier alpha value is -0.220. The average molecular weight is 296 g/mol. The molecule has 0 aromatic rings. The topological polar surface area (TPSA) is 38.8 Å². The van der Waals surface area contributed by atoms with Crippen LogP contribution < -0.4 is 0 Å². The van der Waals surface area contributed by atoms with Gasteiger partial charge in [0.1, 0.15) is 6.10 Å². The van der Waals surface area contributed by atoms with Crippen molar-refractivity contribution in [2.75, 3.05) is 0 Å². The molecule has 0 N–H and O–H groups in total. The molecule has 112 valence electrons. The van der Waals surface area contributed by atoms with E-state index in [0.29, 0.717) is 24.0 Å². The van der Waals surface area contributed by atoms with Gasteiger partial charge < -0.3 is 9.47 Å². The number of fused-ring (bicyclic) bond motifs is 2. The van der Waals surface area contributed by atoms with Crippen molar-refractivity contribution >= 4 is 17.7 Å². The van der Waals surface area contributed by atoms with E-state index >= 15 is 0 Å². The third-order valence-electron chi connectivity index (χ3n) is 5.77. The van der Waals surface area contributed by atoms with Crippen molar-refractivity contribution < 1.29 is 14.3 Å². The fourth-order valence-corrected chi connectivity index (χ4v) is 5.60. The van der Waals surface area contributed by atoms with Crippen LogP contribution in [0.25, 0.3) is 0 Å². The second kappa shape index (κ2) is 4.91. The van der Waals surface area contributed by atoms with Crippen LogP contribution in [-0.4, -0.2) is 34.8 Å². The van der Waals surface area contributed by atoms with Crippen LogP contribution in [0.15, 0.2) is 0 Å². The Kier molecular flexibility index (Phi) is 3.30. The van der Waals surface area contributed by atoms with E-state index in [-0.39, 0.29) is 18.0 Å². The van der Waals surface area contributed by atoms with E-state index in [2.05, 4.69) is 25.6 Å². The third kappa shape index (κ3) is 2.50. The van der Waals surface area contributed by atoms with Gasteiger partial charge in [-0.1, -0.05) is 6.92 Å². The molecule has 4 aliphatic rings. The molecule has 4 rings (SSSR count). The first-order valence-electron chi connectivity index (χ1n) is 8.13. The van der Waals surface area contributed by atoms with Crippen molar-refractivity contribution in [2.45, 2.75) is 74.8 Å². The van der Waals surface area contributed by atoms with Crippen LogP contribution >= 0.6 is 11.8 Å². The van der Waals surface area contributed by atoms with Gasteiger partial charge in [-0.25, -0.2) is 0 Å². The van der Waals surface area contributed by atoms with Crippen molar-refractivity contribution in [3.63, 3.8) is 0 Å². The maximum absolute atomic E-state index is 12.3. The Labute approximate surface area is 125 Å². The molecule has 8 atom stereocenters. The summed E-state index contributed by atoms with van der Waals surface area (Å²) in [7, 11) is 0. The van der Waals surface area contributed by atoms with Crippen LogP contribution in [0.1, 0.15) is 46.0 Å². The molecule has 2 aliphatic heterocycles. The zero-order chi connectivity index (χ0) is 13.9. The van der Waals surface area contributed by atoms with Crippen molar-refractivity contribution in [3.8, 4) is 0 Å². The molecule has 8 unspecified atom stereocenters. The van der Waals surface area contributed by atoms with Gasteiger partial charge in [0.25, 0.3) is 0 Å². The molecule has 0 radical (unpaired) electrons. The Morgan fingerprint density at radius 2 is 2.00 bits per heavy atom. The van der Waals surface area contributed by atoms with Crippen LogP contribution in [0, 0.1) is 17.8 Å². The number of thioether (sulfide) groups is 1. The largest absolute Gasteiger partial charge is 0.462 e. The highest BCUT2D eigenvalue weighted by atomic mass is 32.2. The second-order valence-corrected chi connectivity index (χ2v) is 8.67. The van der Waals surface area contributed by atoms with Gasteiger partial charge in [0.05, 0.1) is 18.1 Å². The summed E-state index contributed by atoms with van der Waals surface area (Å²) in [5.74, 6) is 1.37. The average Bonchev–Trinajstić information content (AvgIpc) is 3.30. The van der Waals surface area contributed by atoms with Gasteiger partial charge in [-0.05, 0) is 50.9 Å². The first-order chi connectivity index (χ1) is 9.61. The van der Waals surface area contributed by atoms with Crippen molar-refractivity contribution in [1.82, 2.24) is 0 Å². The summed E-state index contributed by atoms with van der Waals surface area (Å²) in [5, 5.41) is 1.76. The van der Waals surface area contributed by atoms with E-state index in [0.717, 1.165) is 29.8 Å². The summed E-state index contributed by atoms with van der Waals surface area (Å²) in [6, 6.07) is 0. The zero-order valence-corrected chi connectivity index (χ0v) is 13.1. The van der Waals surface area contributed by atoms with Crippen molar-refractivity contribution in [1.29, 1.82) is 0 Å². The number of ether oxygens (including phenoxy) is 2. The molecule has 3 nitrogen and oxygen atoms in total. The number of rotatable bonds is 3. The first kappa shape index (κ1) is 13.4. The van der Waals surface area contributed by atoms with Crippen LogP contribution in [-0.2, 0) is 14.3 Å². The number of hydrogen-bond donors (Lipinski definition) is 0. The molecule has 4 heteroatoms. The predicted molar refractivity (Wildman–Crippen MR) is 78.6 cm³/mol. The van der Waals surface area contributed by atoms with Gasteiger partial charge in [-0.2, -0.15) is 11.8 Å². The molecule has 0 amide bonds. The van der Waals surface area contributed by atoms with E-state index in [4.69, 9.17) is 9.47 Å². The molecule has 2 aliphatic carbocycles. The van der Waals surface area contributed by atoms with Gasteiger partial charge in [0.2, 0.25) is 0 Å². The van der Waals surface area contributed by atoms with Gasteiger partial charge in [-0.3, -0.25) is 4.79 Å². The van der Waals surface area contributed by atoms with Gasteiger partial charge in [-0.15, -0.1) is 0 Å². The maximum Gasteiger partial charge on any atom is 0.309 e. The Morgan fingerprint density at radius 3 is 2.80 bits per heavy atom. The van der Waals surface area contributed by atoms with Crippen LogP contribution in [0.2, 0.25) is 0 Å². The summed E-state index contributed by atoms with van der Waals surface area (Å²) < 4.78 is 11.3. The Morgan fingerprint density at radius 1 is 1.20 bits per heavy atom. The van der Waals surface area contributed by atoms with Crippen LogP contribution in [0.5, 0.6) is 0 Å². The normalized spacial score (nSPS) is 50.6. The van der Waals surface area contributed by atoms with E-state index < -0.39 is 0 Å². The monoisotopic (exact) mass is 296 g/mol. The van der Waals surface area contributed by atoms with E-state index in [1.165, 1.54) is 12.8 Å². The predicted octanol–water partition coefficient (Wildman–Crippen LogP) is 3.02. The lowest BCUT2D eigenvalue weighted by atomic mass is 9.77. The highest BCUT2D eigenvalue weighted by Gasteiger charge is 2.49. The molecule has 0 aromatic heterocycles. The molecular formula is C16H24O3S. The quantitative estimate of drug-likeness (QED) is 0.593. The summed E-state index contributed by atoms with van der Waals surface area (Å²) in [6.07, 6.45) is 6.32. The van der Waals surface area contributed by atoms with Gasteiger partial charge >= 0.3 is 5.97 Å². The van der Waals surface area contributed by atoms with Crippen molar-refractivity contribution in [2.24, 2.45) is 17.8 Å². The van der Waals surface area contributed by atoms with E-state index in [1.54, 1.807) is 0 Å². The van der Waals surface area contributed by atoms with E-state index in [1.807, 2.05) is 0 Å². The second-order valence-electron chi connectivity index (χ2n) is 7.19. The number of hydrogen-bond acceptors (Lipinski definition) is 4. The van der Waals surface area contributed by atoms with Gasteiger partial charge in [0.15, 0.2) is 0 Å². The molecule has 4 fully saturated rings. The summed E-state index contributed by atoms with van der Waals surface area (Å²) in [4.78, 5) is 12.3. The molecule has 20 heavy (non-hydrogen) atoms. The Balaban J connectivity index is 1.32. The van der Waals surface area contributed by atoms with Crippen LogP contribution in [0.4, 0.5) is 0 Å². The number of carbonyl (C=O) groups excluding carboxylic acids is 1. The lowest BCUT2D eigenvalue weighted by Crippen LogP contribution is -2.36. The van der Waals surface area contributed by atoms with E-state index in [9.17, 15) is 4.79 Å². The minimum atomic E-state index is 0.0317. The fourth-order valence-electron chi connectivity index (χ4n) is 4.27. The summed E-state index contributed by atoms with van der Waals surface area (Å²) >= 11 is 2.12. The molecule has 2 saturated heterocycles. The van der Waals surface area contributed by atoms with Crippen LogP contribution in [0.3, 0.4) is 0 Å². The highest BCUT2D eigenvalue weighted by molar-refractivity contribution is 8.07. The smallest absolute Gasteiger partial charge is 0.309 e. The molecule has 2 saturated carbocycles.